The first-order chi connectivity index (χ1) is 11.2. The van der Waals surface area contributed by atoms with E-state index in [0.29, 0.717) is 6.42 Å². The lowest BCUT2D eigenvalue weighted by Crippen LogP contribution is -2.42. The number of hydrogen-bond donors (Lipinski definition) is 1. The molecule has 0 spiro atoms. The van der Waals surface area contributed by atoms with E-state index in [2.05, 4.69) is 11.9 Å². The minimum absolute atomic E-state index is 0.154. The highest BCUT2D eigenvalue weighted by Crippen LogP contribution is 2.09. The Bertz CT molecular complexity index is 485. The van der Waals surface area contributed by atoms with Gasteiger partial charge in [-0.1, -0.05) is 55.7 Å². The fraction of sp³-hybridized carbons (Fsp3) is 0.474. The van der Waals surface area contributed by atoms with Crippen LogP contribution in [0.5, 0.6) is 0 Å². The largest absolute Gasteiger partial charge is 0.467 e. The Morgan fingerprint density at radius 2 is 1.87 bits per heavy atom. The maximum atomic E-state index is 12.1. The van der Waals surface area contributed by atoms with E-state index in [4.69, 9.17) is 4.74 Å². The van der Waals surface area contributed by atoms with Gasteiger partial charge >= 0.3 is 5.97 Å². The van der Waals surface area contributed by atoms with Crippen molar-refractivity contribution in [1.82, 2.24) is 5.32 Å². The second-order valence-electron chi connectivity index (χ2n) is 5.59. The molecule has 1 rings (SSSR count). The number of esters is 1. The predicted molar refractivity (Wildman–Crippen MR) is 92.0 cm³/mol. The number of nitrogens with one attached hydrogen (secondary N) is 1. The summed E-state index contributed by atoms with van der Waals surface area (Å²) < 4.78 is 4.79. The molecule has 1 N–H and O–H groups in total. The molecule has 4 nitrogen and oxygen atoms in total. The molecule has 0 saturated heterocycles. The fourth-order valence-corrected chi connectivity index (χ4v) is 2.41. The second-order valence-corrected chi connectivity index (χ2v) is 5.59. The molecule has 0 saturated carbocycles. The molecule has 0 heterocycles. The third-order valence-electron chi connectivity index (χ3n) is 3.68. The van der Waals surface area contributed by atoms with Crippen molar-refractivity contribution >= 4 is 11.9 Å². The highest BCUT2D eigenvalue weighted by molar-refractivity contribution is 5.85. The summed E-state index contributed by atoms with van der Waals surface area (Å²) in [4.78, 5) is 23.9. The standard InChI is InChI=1S/C19H27NO3/c1-3-4-5-6-7-11-14-17(19(22)23-2)20-18(21)15-16-12-9-8-10-13-16/h3,8-10,12-13,17H,1,4-7,11,14-15H2,2H3,(H,20,21)/t17-/m0/s1. The first-order valence-corrected chi connectivity index (χ1v) is 8.19. The van der Waals surface area contributed by atoms with Crippen LogP contribution in [0.1, 0.15) is 44.1 Å². The third-order valence-corrected chi connectivity index (χ3v) is 3.68. The van der Waals surface area contributed by atoms with Gasteiger partial charge in [0.15, 0.2) is 0 Å². The minimum Gasteiger partial charge on any atom is -0.467 e. The third kappa shape index (κ3) is 8.19. The van der Waals surface area contributed by atoms with Crippen LogP contribution in [0.25, 0.3) is 0 Å². The molecule has 23 heavy (non-hydrogen) atoms. The van der Waals surface area contributed by atoms with E-state index in [0.717, 1.165) is 37.7 Å². The van der Waals surface area contributed by atoms with E-state index in [-0.39, 0.29) is 18.3 Å². The number of amides is 1. The van der Waals surface area contributed by atoms with Gasteiger partial charge in [0.05, 0.1) is 13.5 Å². The lowest BCUT2D eigenvalue weighted by molar-refractivity contribution is -0.145. The molecule has 0 aliphatic carbocycles. The van der Waals surface area contributed by atoms with E-state index in [1.807, 2.05) is 36.4 Å². The molecule has 1 aromatic rings. The lowest BCUT2D eigenvalue weighted by Gasteiger charge is -2.16. The van der Waals surface area contributed by atoms with E-state index >= 15 is 0 Å². The molecule has 0 aliphatic heterocycles. The Morgan fingerprint density at radius 3 is 2.52 bits per heavy atom. The summed E-state index contributed by atoms with van der Waals surface area (Å²) in [5.41, 5.74) is 0.929. The zero-order valence-corrected chi connectivity index (χ0v) is 13.9. The lowest BCUT2D eigenvalue weighted by atomic mass is 10.1. The highest BCUT2D eigenvalue weighted by atomic mass is 16.5. The van der Waals surface area contributed by atoms with Crippen molar-refractivity contribution in [2.75, 3.05) is 7.11 Å². The molecule has 0 unspecified atom stereocenters. The van der Waals surface area contributed by atoms with Crippen molar-refractivity contribution in [3.05, 3.63) is 48.6 Å². The van der Waals surface area contributed by atoms with Crippen molar-refractivity contribution < 1.29 is 14.3 Å². The van der Waals surface area contributed by atoms with Gasteiger partial charge in [0.2, 0.25) is 5.91 Å². The van der Waals surface area contributed by atoms with Crippen molar-refractivity contribution in [3.8, 4) is 0 Å². The maximum Gasteiger partial charge on any atom is 0.328 e. The van der Waals surface area contributed by atoms with Crippen molar-refractivity contribution in [2.45, 2.75) is 51.0 Å². The first-order valence-electron chi connectivity index (χ1n) is 8.19. The van der Waals surface area contributed by atoms with E-state index in [1.165, 1.54) is 7.11 Å². The van der Waals surface area contributed by atoms with Crippen LogP contribution in [-0.4, -0.2) is 25.0 Å². The Morgan fingerprint density at radius 1 is 1.17 bits per heavy atom. The summed E-state index contributed by atoms with van der Waals surface area (Å²) in [5, 5.41) is 2.79. The molecule has 1 amide bonds. The molecule has 4 heteroatoms. The van der Waals surface area contributed by atoms with Gasteiger partial charge in [-0.25, -0.2) is 4.79 Å². The SMILES string of the molecule is C=CCCCCCC[C@H](NC(=O)Cc1ccccc1)C(=O)OC. The van der Waals surface area contributed by atoms with Crippen molar-refractivity contribution in [1.29, 1.82) is 0 Å². The number of ether oxygens (including phenoxy) is 1. The Balaban J connectivity index is 2.39. The second kappa shape index (κ2) is 11.5. The number of benzene rings is 1. The smallest absolute Gasteiger partial charge is 0.328 e. The van der Waals surface area contributed by atoms with Gasteiger partial charge in [0.1, 0.15) is 6.04 Å². The number of allylic oxidation sites excluding steroid dienone is 1. The molecule has 1 atom stereocenters. The summed E-state index contributed by atoms with van der Waals surface area (Å²) in [6.45, 7) is 3.70. The van der Waals surface area contributed by atoms with Crippen LogP contribution < -0.4 is 5.32 Å². The quantitative estimate of drug-likeness (QED) is 0.386. The number of carbonyl (C=O) groups is 2. The van der Waals surface area contributed by atoms with Gasteiger partial charge in [-0.3, -0.25) is 4.79 Å². The molecule has 0 aliphatic rings. The van der Waals surface area contributed by atoms with E-state index in [1.54, 1.807) is 0 Å². The van der Waals surface area contributed by atoms with Crippen LogP contribution in [0.3, 0.4) is 0 Å². The van der Waals surface area contributed by atoms with Crippen LogP contribution in [0, 0.1) is 0 Å². The highest BCUT2D eigenvalue weighted by Gasteiger charge is 2.20. The summed E-state index contributed by atoms with van der Waals surface area (Å²) in [7, 11) is 1.35. The van der Waals surface area contributed by atoms with Crippen LogP contribution >= 0.6 is 0 Å². The first kappa shape index (κ1) is 18.9. The predicted octanol–water partition coefficient (Wildman–Crippen LogP) is 3.41. The van der Waals surface area contributed by atoms with Crippen LogP contribution in [0.4, 0.5) is 0 Å². The molecular formula is C19H27NO3. The summed E-state index contributed by atoms with van der Waals surface area (Å²) in [6, 6.07) is 8.92. The zero-order chi connectivity index (χ0) is 16.9. The Kier molecular flexibility index (Phi) is 9.45. The normalized spacial score (nSPS) is 11.5. The fourth-order valence-electron chi connectivity index (χ4n) is 2.41. The summed E-state index contributed by atoms with van der Waals surface area (Å²) >= 11 is 0. The molecular weight excluding hydrogens is 290 g/mol. The topological polar surface area (TPSA) is 55.4 Å². The monoisotopic (exact) mass is 317 g/mol. The maximum absolute atomic E-state index is 12.1. The van der Waals surface area contributed by atoms with Crippen LogP contribution in [0.2, 0.25) is 0 Å². The Labute approximate surface area is 138 Å². The number of carbonyl (C=O) groups excluding carboxylic acids is 2. The minimum atomic E-state index is -0.560. The van der Waals surface area contributed by atoms with Crippen molar-refractivity contribution in [2.24, 2.45) is 0 Å². The Hall–Kier alpha value is -2.10. The average Bonchev–Trinajstić information content (AvgIpc) is 2.57. The number of rotatable bonds is 11. The van der Waals surface area contributed by atoms with E-state index < -0.39 is 6.04 Å². The van der Waals surface area contributed by atoms with E-state index in [9.17, 15) is 9.59 Å². The molecule has 126 valence electrons. The molecule has 0 radical (unpaired) electrons. The van der Waals surface area contributed by atoms with Gasteiger partial charge in [0.25, 0.3) is 0 Å². The van der Waals surface area contributed by atoms with Gasteiger partial charge in [0, 0.05) is 0 Å². The zero-order valence-electron chi connectivity index (χ0n) is 13.9. The summed E-state index contributed by atoms with van der Waals surface area (Å²) in [6.07, 6.45) is 7.98. The van der Waals surface area contributed by atoms with Gasteiger partial charge in [-0.15, -0.1) is 6.58 Å². The molecule has 0 aromatic heterocycles. The van der Waals surface area contributed by atoms with Crippen molar-refractivity contribution in [3.63, 3.8) is 0 Å². The number of hydrogen-bond acceptors (Lipinski definition) is 3. The van der Waals surface area contributed by atoms with Crippen LogP contribution in [-0.2, 0) is 20.7 Å². The number of methoxy groups -OCH3 is 1. The number of unbranched alkanes of at least 4 members (excludes halogenated alkanes) is 4. The van der Waals surface area contributed by atoms with Gasteiger partial charge in [-0.05, 0) is 24.8 Å². The van der Waals surface area contributed by atoms with Crippen LogP contribution in [0.15, 0.2) is 43.0 Å². The summed E-state index contributed by atoms with van der Waals surface area (Å²) in [5.74, 6) is -0.532. The average molecular weight is 317 g/mol. The van der Waals surface area contributed by atoms with Gasteiger partial charge in [-0.2, -0.15) is 0 Å². The molecule has 0 fully saturated rings. The molecule has 0 bridgehead atoms. The molecule has 1 aromatic carbocycles. The van der Waals surface area contributed by atoms with Gasteiger partial charge < -0.3 is 10.1 Å².